The molecule has 0 saturated heterocycles. The van der Waals surface area contributed by atoms with Crippen LogP contribution in [0, 0.1) is 17.7 Å². The molecule has 1 saturated carbocycles. The number of Topliss-reactive ketones (excluding diaryl/α,β-unsaturated/α-hetero) is 2. The quantitative estimate of drug-likeness (QED) is 0.0714. The molecule has 1 aromatic heterocycles. The van der Waals surface area contributed by atoms with Gasteiger partial charge in [-0.15, -0.1) is 0 Å². The van der Waals surface area contributed by atoms with Crippen LogP contribution in [0.4, 0.5) is 9.18 Å². The van der Waals surface area contributed by atoms with Crippen LogP contribution in [0.3, 0.4) is 0 Å². The van der Waals surface area contributed by atoms with Gasteiger partial charge in [-0.05, 0) is 115 Å². The van der Waals surface area contributed by atoms with Gasteiger partial charge >= 0.3 is 6.16 Å². The average Bonchev–Trinajstić information content (AvgIpc) is 3.58. The van der Waals surface area contributed by atoms with Gasteiger partial charge in [0.2, 0.25) is 11.6 Å². The first-order valence-electron chi connectivity index (χ1n) is 21.2. The first-order valence-corrected chi connectivity index (χ1v) is 24.2. The van der Waals surface area contributed by atoms with Crippen LogP contribution in [0.5, 0.6) is 11.6 Å². The van der Waals surface area contributed by atoms with Gasteiger partial charge in [0.05, 0.1) is 11.6 Å². The van der Waals surface area contributed by atoms with E-state index >= 15 is 14.0 Å². The average molecular weight is 870 g/mol. The van der Waals surface area contributed by atoms with Gasteiger partial charge < -0.3 is 33.6 Å². The predicted molar refractivity (Wildman–Crippen MR) is 236 cm³/mol. The Balaban J connectivity index is 1.46. The van der Waals surface area contributed by atoms with Crippen molar-refractivity contribution in [1.29, 1.82) is 0 Å². The number of ketones is 2. The summed E-state index contributed by atoms with van der Waals surface area (Å²) in [6.07, 6.45) is -0.987. The molecule has 7 rings (SSSR count). The van der Waals surface area contributed by atoms with Crippen molar-refractivity contribution in [3.8, 4) is 11.6 Å². The predicted octanol–water partition coefficient (Wildman–Crippen LogP) is 10.0. The van der Waals surface area contributed by atoms with E-state index in [1.54, 1.807) is 39.0 Å². The summed E-state index contributed by atoms with van der Waals surface area (Å²) in [7, 11) is 0.623. The smallest absolute Gasteiger partial charge is 0.507 e. The number of aromatic nitrogens is 1. The maximum atomic E-state index is 17.2. The molecule has 4 aromatic rings. The van der Waals surface area contributed by atoms with Crippen LogP contribution in [0.2, 0.25) is 18.1 Å². The SMILES string of the molecule is CN(C)[C@@H]1c2onc(OCc3ccccc3)c2C(=O)[C@@]2(O[Si](C)(C)C(C)(C)C)C(=O)C3=C(O)c4c(c(F)c5ccc(CNC(C)(C)C)cc5c4OC(=O)OC(C)(C)C)C[C@H]3C[C@@H]12. The molecule has 62 heavy (non-hydrogen) atoms. The molecule has 1 heterocycles. The Kier molecular flexibility index (Phi) is 11.4. The minimum absolute atomic E-state index is 0.0000666. The standard InChI is InChI=1S/C48H60FN3O9Si/c1-45(2,3)50-24-27-19-20-29-30(21-27)39(58-44(56)59-46(4,5)6)34-31(36(29)49)22-28-23-32-37(52(10)11)40-35(43(51-60-40)57-25-26-17-15-14-16-18-26)42(55)48(32,41(54)33(28)38(34)53)61-62(12,13)47(7,8)9/h14-21,28,32,37,50,53H,22-25H2,1-13H3/t28-,32-,37-,48-/m0/s1. The molecule has 332 valence electrons. The number of nitrogens with zero attached hydrogens (tertiary/aromatic N) is 2. The summed E-state index contributed by atoms with van der Waals surface area (Å²) in [6.45, 7) is 21.6. The molecule has 4 atom stereocenters. The highest BCUT2D eigenvalue weighted by molar-refractivity contribution is 6.74. The number of carbonyl (C=O) groups is 3. The summed E-state index contributed by atoms with van der Waals surface area (Å²) in [5, 5.41) is 20.3. The van der Waals surface area contributed by atoms with Crippen molar-refractivity contribution in [2.24, 2.45) is 11.8 Å². The van der Waals surface area contributed by atoms with Crippen molar-refractivity contribution in [3.63, 3.8) is 0 Å². The maximum Gasteiger partial charge on any atom is 0.514 e. The molecule has 0 unspecified atom stereocenters. The van der Waals surface area contributed by atoms with E-state index < -0.39 is 71.7 Å². The molecule has 0 bridgehead atoms. The first kappa shape index (κ1) is 45.1. The molecule has 3 aromatic carbocycles. The van der Waals surface area contributed by atoms with Crippen LogP contribution < -0.4 is 14.8 Å². The lowest BCUT2D eigenvalue weighted by molar-refractivity contribution is -0.140. The molecule has 0 amide bonds. The van der Waals surface area contributed by atoms with Gasteiger partial charge in [0.15, 0.2) is 25.4 Å². The number of hydrogen-bond donors (Lipinski definition) is 2. The van der Waals surface area contributed by atoms with E-state index in [2.05, 4.69) is 10.5 Å². The van der Waals surface area contributed by atoms with Gasteiger partial charge in [-0.1, -0.05) is 63.2 Å². The van der Waals surface area contributed by atoms with Gasteiger partial charge in [-0.25, -0.2) is 9.18 Å². The summed E-state index contributed by atoms with van der Waals surface area (Å²) in [5.41, 5.74) is -1.93. The summed E-state index contributed by atoms with van der Waals surface area (Å²) in [4.78, 5) is 47.0. The Morgan fingerprint density at radius 3 is 2.26 bits per heavy atom. The summed E-state index contributed by atoms with van der Waals surface area (Å²) in [6, 6.07) is 13.8. The summed E-state index contributed by atoms with van der Waals surface area (Å²) in [5.74, 6) is -4.21. The Morgan fingerprint density at radius 1 is 0.968 bits per heavy atom. The normalized spacial score (nSPS) is 21.7. The lowest BCUT2D eigenvalue weighted by Crippen LogP contribution is -2.68. The third kappa shape index (κ3) is 7.99. The number of carbonyl (C=O) groups excluding carboxylic acids is 3. The second-order valence-corrected chi connectivity index (χ2v) is 25.4. The number of fused-ring (bicyclic) bond motifs is 5. The lowest BCUT2D eigenvalue weighted by Gasteiger charge is -2.55. The zero-order valence-corrected chi connectivity index (χ0v) is 39.2. The minimum atomic E-state index is -3.03. The number of ether oxygens (including phenoxy) is 3. The molecular formula is C48H60FN3O9Si. The Hall–Kier alpha value is -4.89. The topological polar surface area (TPSA) is 150 Å². The van der Waals surface area contributed by atoms with E-state index in [1.165, 1.54) is 0 Å². The summed E-state index contributed by atoms with van der Waals surface area (Å²) >= 11 is 0. The maximum absolute atomic E-state index is 17.2. The Morgan fingerprint density at radius 2 is 1.65 bits per heavy atom. The first-order chi connectivity index (χ1) is 28.8. The molecule has 0 radical (unpaired) electrons. The number of halogens is 1. The van der Waals surface area contributed by atoms with Crippen molar-refractivity contribution < 1.29 is 47.0 Å². The highest BCUT2D eigenvalue weighted by Gasteiger charge is 2.69. The van der Waals surface area contributed by atoms with E-state index in [-0.39, 0.29) is 75.4 Å². The van der Waals surface area contributed by atoms with E-state index in [1.807, 2.05) is 104 Å². The largest absolute Gasteiger partial charge is 0.514 e. The molecule has 14 heteroatoms. The van der Waals surface area contributed by atoms with Crippen LogP contribution in [0.1, 0.15) is 113 Å². The third-order valence-corrected chi connectivity index (χ3v) is 17.1. The van der Waals surface area contributed by atoms with Gasteiger partial charge in [-0.2, -0.15) is 0 Å². The fraction of sp³-hybridized carbons (Fsp3) is 0.500. The van der Waals surface area contributed by atoms with Gasteiger partial charge in [0.25, 0.3) is 5.88 Å². The van der Waals surface area contributed by atoms with Crippen molar-refractivity contribution in [2.75, 3.05) is 14.1 Å². The van der Waals surface area contributed by atoms with Crippen molar-refractivity contribution >= 4 is 42.6 Å². The van der Waals surface area contributed by atoms with Crippen LogP contribution in [0.15, 0.2) is 58.6 Å². The van der Waals surface area contributed by atoms with Crippen molar-refractivity contribution in [2.45, 2.75) is 129 Å². The fourth-order valence-corrected chi connectivity index (χ4v) is 10.2. The molecule has 3 aliphatic rings. The van der Waals surface area contributed by atoms with Crippen LogP contribution in [-0.4, -0.2) is 72.0 Å². The molecule has 2 N–H and O–H groups in total. The monoisotopic (exact) mass is 869 g/mol. The zero-order valence-electron chi connectivity index (χ0n) is 38.2. The zero-order chi connectivity index (χ0) is 45.5. The third-order valence-electron chi connectivity index (χ3n) is 12.6. The van der Waals surface area contributed by atoms with E-state index in [4.69, 9.17) is 23.2 Å². The highest BCUT2D eigenvalue weighted by Crippen LogP contribution is 2.59. The molecule has 12 nitrogen and oxygen atoms in total. The number of aliphatic hydroxyl groups is 1. The highest BCUT2D eigenvalue weighted by atomic mass is 28.4. The van der Waals surface area contributed by atoms with Gasteiger partial charge in [0, 0.05) is 39.9 Å². The second-order valence-electron chi connectivity index (χ2n) is 20.7. The lowest BCUT2D eigenvalue weighted by atomic mass is 9.57. The van der Waals surface area contributed by atoms with E-state index in [0.717, 1.165) is 11.1 Å². The molecule has 0 spiro atoms. The van der Waals surface area contributed by atoms with Crippen molar-refractivity contribution in [1.82, 2.24) is 15.4 Å². The van der Waals surface area contributed by atoms with E-state index in [0.29, 0.717) is 6.54 Å². The fourth-order valence-electron chi connectivity index (χ4n) is 8.74. The number of benzene rings is 3. The molecule has 1 fully saturated rings. The Bertz CT molecular complexity index is 2470. The minimum Gasteiger partial charge on any atom is -0.507 e. The van der Waals surface area contributed by atoms with Crippen LogP contribution in [0.25, 0.3) is 16.5 Å². The summed E-state index contributed by atoms with van der Waals surface area (Å²) < 4.78 is 48.2. The van der Waals surface area contributed by atoms with E-state index in [9.17, 15) is 9.90 Å². The molecule has 0 aliphatic heterocycles. The van der Waals surface area contributed by atoms with Crippen molar-refractivity contribution in [3.05, 3.63) is 93.5 Å². The van der Waals surface area contributed by atoms with Crippen LogP contribution >= 0.6 is 0 Å². The molecular weight excluding hydrogens is 810 g/mol. The number of rotatable bonds is 9. The second kappa shape index (κ2) is 15.7. The van der Waals surface area contributed by atoms with Gasteiger partial charge in [-0.3, -0.25) is 14.5 Å². The number of hydrogen-bond acceptors (Lipinski definition) is 12. The number of nitrogens with one attached hydrogen (secondary N) is 1. The van der Waals surface area contributed by atoms with Gasteiger partial charge in [0.1, 0.15) is 29.3 Å². The van der Waals surface area contributed by atoms with Crippen LogP contribution in [-0.2, 0) is 33.5 Å². The molecule has 3 aliphatic carbocycles. The Labute approximate surface area is 364 Å². The number of aliphatic hydroxyl groups excluding tert-OH is 1.